The van der Waals surface area contributed by atoms with E-state index in [4.69, 9.17) is 14.5 Å². The van der Waals surface area contributed by atoms with Gasteiger partial charge in [0.2, 0.25) is 0 Å². The number of aryl methyl sites for hydroxylation is 2. The van der Waals surface area contributed by atoms with Gasteiger partial charge in [0.1, 0.15) is 0 Å². The lowest BCUT2D eigenvalue weighted by Crippen LogP contribution is -2.26. The molecule has 1 aliphatic heterocycles. The molecule has 1 atom stereocenters. The van der Waals surface area contributed by atoms with Crippen molar-refractivity contribution < 1.29 is 14.3 Å². The summed E-state index contributed by atoms with van der Waals surface area (Å²) in [5.74, 6) is 0.0269. The monoisotopic (exact) mass is 495 g/mol. The predicted molar refractivity (Wildman–Crippen MR) is 141 cm³/mol. The van der Waals surface area contributed by atoms with Gasteiger partial charge in [0.25, 0.3) is 0 Å². The summed E-state index contributed by atoms with van der Waals surface area (Å²) in [6.45, 7) is 3.46. The molecule has 0 amide bonds. The van der Waals surface area contributed by atoms with Crippen molar-refractivity contribution >= 4 is 27.9 Å². The maximum atomic E-state index is 12.4. The van der Waals surface area contributed by atoms with E-state index in [9.17, 15) is 4.79 Å². The quantitative estimate of drug-likeness (QED) is 0.316. The van der Waals surface area contributed by atoms with Crippen molar-refractivity contribution in [2.24, 2.45) is 13.0 Å². The van der Waals surface area contributed by atoms with Crippen molar-refractivity contribution in [1.29, 1.82) is 0 Å². The predicted octanol–water partition coefficient (Wildman–Crippen LogP) is 5.10. The summed E-state index contributed by atoms with van der Waals surface area (Å²) in [6.07, 6.45) is 3.81. The van der Waals surface area contributed by atoms with Crippen LogP contribution in [0.4, 0.5) is 0 Å². The summed E-state index contributed by atoms with van der Waals surface area (Å²) >= 11 is 0. The summed E-state index contributed by atoms with van der Waals surface area (Å²) in [7, 11) is 3.30. The number of carbonyl (C=O) groups excluding carboxylic acids is 1. The molecule has 1 unspecified atom stereocenters. The number of rotatable bonds is 5. The molecule has 1 aliphatic rings. The highest BCUT2D eigenvalue weighted by atomic mass is 16.5. The molecule has 5 aromatic rings. The van der Waals surface area contributed by atoms with E-state index < -0.39 is 0 Å². The van der Waals surface area contributed by atoms with Crippen LogP contribution in [0.1, 0.15) is 40.5 Å². The number of fused-ring (bicyclic) bond motifs is 3. The van der Waals surface area contributed by atoms with Crippen LogP contribution >= 0.6 is 0 Å². The largest absolute Gasteiger partial charge is 0.465 e. The molecule has 0 N–H and O–H groups in total. The Bertz CT molecular complexity index is 1580. The second-order valence-corrected chi connectivity index (χ2v) is 9.64. The fraction of sp³-hybridized carbons (Fsp3) is 0.310. The fourth-order valence-electron chi connectivity index (χ4n) is 5.75. The fourth-order valence-corrected chi connectivity index (χ4v) is 5.75. The molecule has 6 rings (SSSR count). The van der Waals surface area contributed by atoms with Gasteiger partial charge in [0.15, 0.2) is 0 Å². The second-order valence-electron chi connectivity index (χ2n) is 9.64. The molecule has 4 heterocycles. The average molecular weight is 496 g/mol. The second kappa shape index (κ2) is 9.44. The summed E-state index contributed by atoms with van der Waals surface area (Å²) in [6, 6.07) is 18.7. The van der Waals surface area contributed by atoms with E-state index in [1.165, 1.54) is 12.7 Å². The Morgan fingerprint density at radius 1 is 1.08 bits per heavy atom. The van der Waals surface area contributed by atoms with Crippen LogP contribution in [-0.4, -0.2) is 50.8 Å². The Labute approximate surface area is 214 Å². The van der Waals surface area contributed by atoms with Crippen molar-refractivity contribution in [3.63, 3.8) is 0 Å². The molecule has 1 saturated heterocycles. The van der Waals surface area contributed by atoms with Crippen LogP contribution in [-0.2, 0) is 16.5 Å². The van der Waals surface area contributed by atoms with Gasteiger partial charge < -0.3 is 14.0 Å². The normalized spacial score (nSPS) is 15.3. The molecule has 0 saturated carbocycles. The van der Waals surface area contributed by atoms with Crippen molar-refractivity contribution in [3.05, 3.63) is 77.6 Å². The lowest BCUT2D eigenvalue weighted by molar-refractivity contribution is 0.0552. The first-order valence-electron chi connectivity index (χ1n) is 12.6. The van der Waals surface area contributed by atoms with Gasteiger partial charge >= 0.3 is 5.97 Å². The van der Waals surface area contributed by atoms with Gasteiger partial charge in [0, 0.05) is 37.4 Å². The molecule has 188 valence electrons. The van der Waals surface area contributed by atoms with Gasteiger partial charge in [-0.2, -0.15) is 0 Å². The summed E-state index contributed by atoms with van der Waals surface area (Å²) < 4.78 is 14.9. The topological polar surface area (TPSA) is 84.1 Å². The van der Waals surface area contributed by atoms with E-state index in [1.807, 2.05) is 38.4 Å². The van der Waals surface area contributed by atoms with E-state index in [1.54, 1.807) is 4.68 Å². The molecule has 0 radical (unpaired) electrons. The van der Waals surface area contributed by atoms with Crippen LogP contribution in [0.3, 0.4) is 0 Å². The van der Waals surface area contributed by atoms with Crippen LogP contribution in [0.5, 0.6) is 0 Å². The Morgan fingerprint density at radius 3 is 2.57 bits per heavy atom. The van der Waals surface area contributed by atoms with Crippen LogP contribution in [0.25, 0.3) is 33.2 Å². The van der Waals surface area contributed by atoms with Crippen molar-refractivity contribution in [3.8, 4) is 11.3 Å². The zero-order chi connectivity index (χ0) is 25.5. The average Bonchev–Trinajstić information content (AvgIpc) is 3.45. The van der Waals surface area contributed by atoms with E-state index >= 15 is 0 Å². The minimum Gasteiger partial charge on any atom is -0.465 e. The highest BCUT2D eigenvalue weighted by Gasteiger charge is 2.30. The molecule has 8 heteroatoms. The first kappa shape index (κ1) is 23.4. The summed E-state index contributed by atoms with van der Waals surface area (Å²) in [5, 5.41) is 9.38. The number of benzene rings is 2. The van der Waals surface area contributed by atoms with E-state index in [-0.39, 0.29) is 12.0 Å². The Morgan fingerprint density at radius 2 is 1.86 bits per heavy atom. The van der Waals surface area contributed by atoms with E-state index in [0.717, 1.165) is 64.9 Å². The van der Waals surface area contributed by atoms with Gasteiger partial charge in [0.05, 0.1) is 46.7 Å². The third-order valence-electron chi connectivity index (χ3n) is 7.46. The number of carbonyl (C=O) groups is 1. The van der Waals surface area contributed by atoms with Crippen molar-refractivity contribution in [1.82, 2.24) is 24.5 Å². The number of pyridine rings is 1. The number of hydrogen-bond acceptors (Lipinski definition) is 6. The van der Waals surface area contributed by atoms with Gasteiger partial charge in [-0.15, -0.1) is 5.10 Å². The maximum Gasteiger partial charge on any atom is 0.337 e. The first-order chi connectivity index (χ1) is 18.1. The standard InChI is InChI=1S/C29H29N5O3/c1-18-27(33(2)32-31-18)22-16-25-26(30-17-22)23-15-21(29(35)36-3)9-10-24(23)34(25)28(19-7-5-4-6-8-19)20-11-13-37-14-12-20/h4-10,15-17,20,28H,11-14H2,1-3H3. The van der Waals surface area contributed by atoms with Crippen molar-refractivity contribution in [2.75, 3.05) is 20.3 Å². The molecular weight excluding hydrogens is 466 g/mol. The minimum atomic E-state index is -0.361. The molecule has 3 aromatic heterocycles. The summed E-state index contributed by atoms with van der Waals surface area (Å²) in [5.41, 5.74) is 7.39. The van der Waals surface area contributed by atoms with E-state index in [0.29, 0.717) is 11.5 Å². The third-order valence-corrected chi connectivity index (χ3v) is 7.46. The lowest BCUT2D eigenvalue weighted by atomic mass is 9.86. The molecular formula is C29H29N5O3. The maximum absolute atomic E-state index is 12.4. The summed E-state index contributed by atoms with van der Waals surface area (Å²) in [4.78, 5) is 17.4. The highest BCUT2D eigenvalue weighted by Crippen LogP contribution is 2.41. The Hall–Kier alpha value is -4.04. The molecule has 2 aromatic carbocycles. The molecule has 8 nitrogen and oxygen atoms in total. The zero-order valence-corrected chi connectivity index (χ0v) is 21.2. The number of methoxy groups -OCH3 is 1. The van der Waals surface area contributed by atoms with Gasteiger partial charge in [-0.1, -0.05) is 35.5 Å². The molecule has 0 spiro atoms. The lowest BCUT2D eigenvalue weighted by Gasteiger charge is -2.33. The molecule has 37 heavy (non-hydrogen) atoms. The van der Waals surface area contributed by atoms with Crippen LogP contribution in [0.2, 0.25) is 0 Å². The third kappa shape index (κ3) is 3.97. The van der Waals surface area contributed by atoms with Gasteiger partial charge in [-0.05, 0) is 55.5 Å². The highest BCUT2D eigenvalue weighted by molar-refractivity contribution is 6.09. The number of aromatic nitrogens is 5. The Kier molecular flexibility index (Phi) is 5.96. The smallest absolute Gasteiger partial charge is 0.337 e. The minimum absolute atomic E-state index is 0.0804. The van der Waals surface area contributed by atoms with Crippen LogP contribution in [0, 0.1) is 12.8 Å². The number of hydrogen-bond donors (Lipinski definition) is 0. The molecule has 1 fully saturated rings. The first-order valence-corrected chi connectivity index (χ1v) is 12.6. The van der Waals surface area contributed by atoms with E-state index in [2.05, 4.69) is 51.3 Å². The van der Waals surface area contributed by atoms with Crippen LogP contribution in [0.15, 0.2) is 60.8 Å². The molecule has 0 aliphatic carbocycles. The number of nitrogens with zero attached hydrogens (tertiary/aromatic N) is 5. The van der Waals surface area contributed by atoms with Crippen molar-refractivity contribution in [2.45, 2.75) is 25.8 Å². The Balaban J connectivity index is 1.67. The van der Waals surface area contributed by atoms with Gasteiger partial charge in [-0.25, -0.2) is 9.48 Å². The van der Waals surface area contributed by atoms with Crippen LogP contribution < -0.4 is 0 Å². The SMILES string of the molecule is COC(=O)c1ccc2c(c1)c1ncc(-c3c(C)nnn3C)cc1n2C(c1ccccc1)C1CCOCC1. The van der Waals surface area contributed by atoms with Gasteiger partial charge in [-0.3, -0.25) is 4.98 Å². The number of esters is 1. The molecule has 0 bridgehead atoms. The number of ether oxygens (including phenoxy) is 2. The zero-order valence-electron chi connectivity index (χ0n) is 21.2.